The predicted octanol–water partition coefficient (Wildman–Crippen LogP) is 4.48. The van der Waals surface area contributed by atoms with E-state index >= 15 is 0 Å². The van der Waals surface area contributed by atoms with Crippen LogP contribution in [-0.4, -0.2) is 31.5 Å². The zero-order valence-corrected chi connectivity index (χ0v) is 18.7. The van der Waals surface area contributed by atoms with Gasteiger partial charge in [-0.25, -0.2) is 0 Å². The number of nitrogens with zero attached hydrogens (tertiary/aromatic N) is 1. The van der Waals surface area contributed by atoms with Gasteiger partial charge in [0.05, 0.1) is 12.6 Å². The van der Waals surface area contributed by atoms with Gasteiger partial charge >= 0.3 is 0 Å². The zero-order chi connectivity index (χ0) is 22.9. The molecule has 0 aliphatic heterocycles. The molecule has 0 aromatic heterocycles. The van der Waals surface area contributed by atoms with E-state index in [-0.39, 0.29) is 24.5 Å². The first-order valence-corrected chi connectivity index (χ1v) is 10.6. The minimum absolute atomic E-state index is 0.112. The zero-order valence-electron chi connectivity index (χ0n) is 18.7. The average molecular weight is 432 g/mol. The maximum absolute atomic E-state index is 12.8. The van der Waals surface area contributed by atoms with Crippen molar-refractivity contribution in [3.05, 3.63) is 90.0 Å². The maximum atomic E-state index is 12.8. The molecule has 0 radical (unpaired) electrons. The van der Waals surface area contributed by atoms with Gasteiger partial charge in [-0.2, -0.15) is 0 Å². The Morgan fingerprint density at radius 3 is 2.34 bits per heavy atom. The van der Waals surface area contributed by atoms with Crippen molar-refractivity contribution in [2.75, 3.05) is 23.8 Å². The first-order chi connectivity index (χ1) is 15.4. The molecule has 0 saturated carbocycles. The van der Waals surface area contributed by atoms with Gasteiger partial charge in [0, 0.05) is 30.5 Å². The molecule has 0 saturated heterocycles. The average Bonchev–Trinajstić information content (AvgIpc) is 2.81. The Labute approximate surface area is 189 Å². The lowest BCUT2D eigenvalue weighted by molar-refractivity contribution is -0.119. The summed E-state index contributed by atoms with van der Waals surface area (Å²) in [5.74, 6) is 0.559. The normalized spacial score (nSPS) is 10.5. The Morgan fingerprint density at radius 2 is 1.66 bits per heavy atom. The SMILES string of the molecule is CC(C)Oc1ccc(CNC(=O)CNc2cccc(C(=O)N(C)c3ccccc3)c2)cc1. The van der Waals surface area contributed by atoms with Crippen molar-refractivity contribution in [3.8, 4) is 5.75 Å². The van der Waals surface area contributed by atoms with Gasteiger partial charge in [-0.15, -0.1) is 0 Å². The first-order valence-electron chi connectivity index (χ1n) is 10.6. The molecule has 0 unspecified atom stereocenters. The molecule has 0 fully saturated rings. The number of amides is 2. The largest absolute Gasteiger partial charge is 0.491 e. The van der Waals surface area contributed by atoms with E-state index in [9.17, 15) is 9.59 Å². The predicted molar refractivity (Wildman–Crippen MR) is 128 cm³/mol. The molecule has 6 heteroatoms. The van der Waals surface area contributed by atoms with Gasteiger partial charge in [-0.3, -0.25) is 9.59 Å². The molecule has 0 atom stereocenters. The van der Waals surface area contributed by atoms with Crippen molar-refractivity contribution in [1.82, 2.24) is 5.32 Å². The summed E-state index contributed by atoms with van der Waals surface area (Å²) in [4.78, 5) is 26.6. The number of para-hydroxylation sites is 1. The highest BCUT2D eigenvalue weighted by Crippen LogP contribution is 2.17. The first kappa shape index (κ1) is 22.9. The number of ether oxygens (including phenoxy) is 1. The molecule has 2 N–H and O–H groups in total. The van der Waals surface area contributed by atoms with E-state index in [2.05, 4.69) is 10.6 Å². The van der Waals surface area contributed by atoms with E-state index < -0.39 is 0 Å². The fourth-order valence-electron chi connectivity index (χ4n) is 3.13. The molecule has 0 aliphatic carbocycles. The number of carbonyl (C=O) groups excluding carboxylic acids is 2. The lowest BCUT2D eigenvalue weighted by Gasteiger charge is -2.18. The lowest BCUT2D eigenvalue weighted by Crippen LogP contribution is -2.29. The molecule has 3 aromatic rings. The molecule has 0 bridgehead atoms. The molecular weight excluding hydrogens is 402 g/mol. The third-order valence-corrected chi connectivity index (χ3v) is 4.80. The number of nitrogens with one attached hydrogen (secondary N) is 2. The number of anilines is 2. The number of hydrogen-bond acceptors (Lipinski definition) is 4. The summed E-state index contributed by atoms with van der Waals surface area (Å²) < 4.78 is 5.62. The maximum Gasteiger partial charge on any atom is 0.258 e. The lowest BCUT2D eigenvalue weighted by atomic mass is 10.1. The summed E-state index contributed by atoms with van der Waals surface area (Å²) >= 11 is 0. The van der Waals surface area contributed by atoms with Crippen molar-refractivity contribution < 1.29 is 14.3 Å². The van der Waals surface area contributed by atoms with E-state index in [1.165, 1.54) is 0 Å². The molecule has 0 heterocycles. The van der Waals surface area contributed by atoms with Crippen LogP contribution in [0.3, 0.4) is 0 Å². The van der Waals surface area contributed by atoms with Gasteiger partial charge in [0.15, 0.2) is 0 Å². The molecule has 166 valence electrons. The highest BCUT2D eigenvalue weighted by molar-refractivity contribution is 6.06. The van der Waals surface area contributed by atoms with Crippen LogP contribution in [0.15, 0.2) is 78.9 Å². The second kappa shape index (κ2) is 11.0. The van der Waals surface area contributed by atoms with Crippen molar-refractivity contribution >= 4 is 23.2 Å². The Kier molecular flexibility index (Phi) is 7.86. The summed E-state index contributed by atoms with van der Waals surface area (Å²) in [6, 6.07) is 24.3. The fourth-order valence-corrected chi connectivity index (χ4v) is 3.13. The van der Waals surface area contributed by atoms with Crippen molar-refractivity contribution in [1.29, 1.82) is 0 Å². The second-order valence-corrected chi connectivity index (χ2v) is 7.72. The third kappa shape index (κ3) is 6.60. The van der Waals surface area contributed by atoms with Gasteiger partial charge in [0.2, 0.25) is 5.91 Å². The Morgan fingerprint density at radius 1 is 0.938 bits per heavy atom. The van der Waals surface area contributed by atoms with Crippen LogP contribution in [-0.2, 0) is 11.3 Å². The van der Waals surface area contributed by atoms with Gasteiger partial charge in [0.25, 0.3) is 5.91 Å². The third-order valence-electron chi connectivity index (χ3n) is 4.80. The van der Waals surface area contributed by atoms with Crippen LogP contribution in [0.25, 0.3) is 0 Å². The number of rotatable bonds is 9. The van der Waals surface area contributed by atoms with E-state index in [1.54, 1.807) is 30.1 Å². The molecular formula is C26H29N3O3. The van der Waals surface area contributed by atoms with Crippen LogP contribution in [0.1, 0.15) is 29.8 Å². The molecule has 3 aromatic carbocycles. The minimum Gasteiger partial charge on any atom is -0.491 e. The summed E-state index contributed by atoms with van der Waals surface area (Å²) in [7, 11) is 1.74. The smallest absolute Gasteiger partial charge is 0.258 e. The summed E-state index contributed by atoms with van der Waals surface area (Å²) in [5.41, 5.74) is 3.07. The Balaban J connectivity index is 1.50. The number of hydrogen-bond donors (Lipinski definition) is 2. The van der Waals surface area contributed by atoms with Crippen molar-refractivity contribution in [2.24, 2.45) is 0 Å². The van der Waals surface area contributed by atoms with E-state index in [4.69, 9.17) is 4.74 Å². The number of carbonyl (C=O) groups is 2. The monoisotopic (exact) mass is 431 g/mol. The van der Waals surface area contributed by atoms with Crippen LogP contribution in [0.2, 0.25) is 0 Å². The topological polar surface area (TPSA) is 70.7 Å². The van der Waals surface area contributed by atoms with Gasteiger partial charge in [-0.05, 0) is 61.9 Å². The minimum atomic E-state index is -0.134. The summed E-state index contributed by atoms with van der Waals surface area (Å²) in [6.45, 7) is 4.51. The standard InChI is InChI=1S/C26H29N3O3/c1-19(2)32-24-14-12-20(13-15-24)17-28-25(30)18-27-22-9-7-8-21(16-22)26(31)29(3)23-10-5-4-6-11-23/h4-16,19,27H,17-18H2,1-3H3,(H,28,30). The highest BCUT2D eigenvalue weighted by atomic mass is 16.5. The molecule has 0 spiro atoms. The van der Waals surface area contributed by atoms with E-state index in [1.807, 2.05) is 74.5 Å². The molecule has 2 amide bonds. The molecule has 6 nitrogen and oxygen atoms in total. The second-order valence-electron chi connectivity index (χ2n) is 7.72. The van der Waals surface area contributed by atoms with E-state index in [0.29, 0.717) is 17.8 Å². The van der Waals surface area contributed by atoms with Crippen LogP contribution in [0.5, 0.6) is 5.75 Å². The van der Waals surface area contributed by atoms with Crippen LogP contribution < -0.4 is 20.3 Å². The number of benzene rings is 3. The highest BCUT2D eigenvalue weighted by Gasteiger charge is 2.13. The molecule has 0 aliphatic rings. The summed E-state index contributed by atoms with van der Waals surface area (Å²) in [6.07, 6.45) is 0.124. The van der Waals surface area contributed by atoms with Gasteiger partial charge in [-0.1, -0.05) is 36.4 Å². The molecule has 32 heavy (non-hydrogen) atoms. The fraction of sp³-hybridized carbons (Fsp3) is 0.231. The van der Waals surface area contributed by atoms with Crippen molar-refractivity contribution in [2.45, 2.75) is 26.5 Å². The van der Waals surface area contributed by atoms with Crippen LogP contribution in [0.4, 0.5) is 11.4 Å². The van der Waals surface area contributed by atoms with Crippen LogP contribution >= 0.6 is 0 Å². The Bertz CT molecular complexity index is 1030. The Hall–Kier alpha value is -3.80. The van der Waals surface area contributed by atoms with Gasteiger partial charge < -0.3 is 20.3 Å². The van der Waals surface area contributed by atoms with E-state index in [0.717, 1.165) is 17.0 Å². The van der Waals surface area contributed by atoms with Gasteiger partial charge in [0.1, 0.15) is 5.75 Å². The van der Waals surface area contributed by atoms with Crippen LogP contribution in [0, 0.1) is 0 Å². The van der Waals surface area contributed by atoms with Crippen molar-refractivity contribution in [3.63, 3.8) is 0 Å². The summed E-state index contributed by atoms with van der Waals surface area (Å²) in [5, 5.41) is 5.97. The quantitative estimate of drug-likeness (QED) is 0.524. The molecule has 3 rings (SSSR count).